The van der Waals surface area contributed by atoms with Crippen LogP contribution in [0.2, 0.25) is 0 Å². The van der Waals surface area contributed by atoms with Crippen LogP contribution in [0.1, 0.15) is 12.0 Å². The van der Waals surface area contributed by atoms with E-state index in [4.69, 9.17) is 4.74 Å². The van der Waals surface area contributed by atoms with E-state index in [0.29, 0.717) is 6.04 Å². The number of hydrogen-bond donors (Lipinski definition) is 0. The molecule has 100 valence electrons. The van der Waals surface area contributed by atoms with Gasteiger partial charge in [0.25, 0.3) is 5.69 Å². The number of non-ortho nitro benzene ring substituents is 1. The molecule has 0 N–H and O–H groups in total. The van der Waals surface area contributed by atoms with Crippen LogP contribution in [0.15, 0.2) is 30.3 Å². The molecule has 0 aromatic heterocycles. The Kier molecular flexibility index (Phi) is 3.31. The highest BCUT2D eigenvalue weighted by Gasteiger charge is 2.27. The second kappa shape index (κ2) is 5.11. The number of hydrogen-bond acceptors (Lipinski definition) is 4. The van der Waals surface area contributed by atoms with Crippen LogP contribution in [0.5, 0.6) is 0 Å². The maximum absolute atomic E-state index is 10.6. The largest absolute Gasteiger partial charge is 0.378 e. The van der Waals surface area contributed by atoms with Gasteiger partial charge in [-0.2, -0.15) is 0 Å². The first-order valence-electron chi connectivity index (χ1n) is 6.50. The molecule has 2 aliphatic rings. The lowest BCUT2D eigenvalue weighted by Gasteiger charge is -2.38. The lowest BCUT2D eigenvalue weighted by Crippen LogP contribution is -2.50. The van der Waals surface area contributed by atoms with E-state index in [9.17, 15) is 10.1 Å². The third-order valence-corrected chi connectivity index (χ3v) is 3.83. The van der Waals surface area contributed by atoms with E-state index in [1.54, 1.807) is 12.1 Å². The van der Waals surface area contributed by atoms with Crippen LogP contribution in [0.25, 0.3) is 5.57 Å². The number of nitrogens with zero attached hydrogens (tertiary/aromatic N) is 2. The average Bonchev–Trinajstić information content (AvgIpc) is 2.38. The minimum absolute atomic E-state index is 0.147. The van der Waals surface area contributed by atoms with Crippen molar-refractivity contribution >= 4 is 11.3 Å². The van der Waals surface area contributed by atoms with Gasteiger partial charge in [-0.25, -0.2) is 0 Å². The van der Waals surface area contributed by atoms with Crippen molar-refractivity contribution in [3.63, 3.8) is 0 Å². The number of benzene rings is 1. The Hall–Kier alpha value is -1.72. The third kappa shape index (κ3) is 2.52. The van der Waals surface area contributed by atoms with Gasteiger partial charge in [-0.3, -0.25) is 15.0 Å². The smallest absolute Gasteiger partial charge is 0.269 e. The Morgan fingerprint density at radius 1 is 1.26 bits per heavy atom. The average molecular weight is 260 g/mol. The van der Waals surface area contributed by atoms with E-state index >= 15 is 0 Å². The summed E-state index contributed by atoms with van der Waals surface area (Å²) in [6.45, 7) is 3.68. The molecule has 2 heterocycles. The van der Waals surface area contributed by atoms with E-state index < -0.39 is 0 Å². The Bertz CT molecular complexity index is 506. The zero-order valence-electron chi connectivity index (χ0n) is 10.6. The molecule has 0 aliphatic carbocycles. The molecular formula is C14H16N2O3. The van der Waals surface area contributed by atoms with Gasteiger partial charge in [0.05, 0.1) is 24.2 Å². The molecule has 3 rings (SSSR count). The molecule has 0 radical (unpaired) electrons. The van der Waals surface area contributed by atoms with Crippen LogP contribution in [-0.4, -0.2) is 42.2 Å². The number of nitro groups is 1. The molecule has 5 heteroatoms. The number of rotatable bonds is 3. The van der Waals surface area contributed by atoms with E-state index in [1.807, 2.05) is 12.1 Å². The zero-order chi connectivity index (χ0) is 13.2. The van der Waals surface area contributed by atoms with Crippen molar-refractivity contribution in [2.45, 2.75) is 12.5 Å². The van der Waals surface area contributed by atoms with Crippen molar-refractivity contribution in [1.29, 1.82) is 0 Å². The third-order valence-electron chi connectivity index (χ3n) is 3.83. The van der Waals surface area contributed by atoms with Gasteiger partial charge in [0.15, 0.2) is 0 Å². The summed E-state index contributed by atoms with van der Waals surface area (Å²) in [4.78, 5) is 12.7. The highest BCUT2D eigenvalue weighted by atomic mass is 16.6. The summed E-state index contributed by atoms with van der Waals surface area (Å²) in [5, 5.41) is 10.6. The van der Waals surface area contributed by atoms with Crippen LogP contribution in [0.4, 0.5) is 5.69 Å². The van der Waals surface area contributed by atoms with E-state index in [2.05, 4.69) is 11.0 Å². The summed E-state index contributed by atoms with van der Waals surface area (Å²) in [6.07, 6.45) is 3.22. The lowest BCUT2D eigenvalue weighted by molar-refractivity contribution is -0.384. The van der Waals surface area contributed by atoms with Crippen molar-refractivity contribution < 1.29 is 9.66 Å². The second-order valence-corrected chi connectivity index (χ2v) is 4.97. The summed E-state index contributed by atoms with van der Waals surface area (Å²) >= 11 is 0. The highest BCUT2D eigenvalue weighted by molar-refractivity contribution is 5.67. The van der Waals surface area contributed by atoms with Gasteiger partial charge in [0.1, 0.15) is 0 Å². The standard InChI is InChI=1S/C14H16N2O3/c17-16(18)13-3-1-11(2-4-13)12-5-7-15(8-6-12)14-9-19-10-14/h1-5,14H,6-10H2. The van der Waals surface area contributed by atoms with Gasteiger partial charge in [-0.15, -0.1) is 0 Å². The maximum atomic E-state index is 10.6. The van der Waals surface area contributed by atoms with E-state index in [0.717, 1.165) is 38.3 Å². The minimum atomic E-state index is -0.364. The van der Waals surface area contributed by atoms with Gasteiger partial charge >= 0.3 is 0 Å². The normalized spacial score (nSPS) is 20.7. The molecule has 2 aliphatic heterocycles. The second-order valence-electron chi connectivity index (χ2n) is 4.97. The molecule has 0 saturated carbocycles. The summed E-state index contributed by atoms with van der Waals surface area (Å²) < 4.78 is 5.21. The SMILES string of the molecule is O=[N+]([O-])c1ccc(C2=CCN(C3COC3)CC2)cc1. The van der Waals surface area contributed by atoms with Crippen molar-refractivity contribution in [2.75, 3.05) is 26.3 Å². The molecule has 0 bridgehead atoms. The molecule has 1 aromatic rings. The predicted molar refractivity (Wildman–Crippen MR) is 71.9 cm³/mol. The van der Waals surface area contributed by atoms with Crippen molar-refractivity contribution in [2.24, 2.45) is 0 Å². The minimum Gasteiger partial charge on any atom is -0.378 e. The molecule has 0 spiro atoms. The first-order chi connectivity index (χ1) is 9.24. The van der Waals surface area contributed by atoms with Gasteiger partial charge in [-0.1, -0.05) is 6.08 Å². The Labute approximate surface area is 111 Å². The fourth-order valence-electron chi connectivity index (χ4n) is 2.51. The molecule has 1 aromatic carbocycles. The Morgan fingerprint density at radius 2 is 2.00 bits per heavy atom. The molecule has 0 unspecified atom stereocenters. The van der Waals surface area contributed by atoms with Gasteiger partial charge < -0.3 is 4.74 Å². The van der Waals surface area contributed by atoms with E-state index in [1.165, 1.54) is 5.57 Å². The predicted octanol–water partition coefficient (Wildman–Crippen LogP) is 2.08. The van der Waals surface area contributed by atoms with E-state index in [-0.39, 0.29) is 10.6 Å². The fourth-order valence-corrected chi connectivity index (χ4v) is 2.51. The zero-order valence-corrected chi connectivity index (χ0v) is 10.6. The number of ether oxygens (including phenoxy) is 1. The Balaban J connectivity index is 1.69. The highest BCUT2D eigenvalue weighted by Crippen LogP contribution is 2.26. The molecule has 5 nitrogen and oxygen atoms in total. The summed E-state index contributed by atoms with van der Waals surface area (Å²) in [7, 11) is 0. The molecule has 0 amide bonds. The molecule has 0 atom stereocenters. The monoisotopic (exact) mass is 260 g/mol. The van der Waals surface area contributed by atoms with Crippen LogP contribution >= 0.6 is 0 Å². The van der Waals surface area contributed by atoms with Crippen molar-refractivity contribution in [3.8, 4) is 0 Å². The quantitative estimate of drug-likeness (QED) is 0.616. The first kappa shape index (κ1) is 12.3. The van der Waals surface area contributed by atoms with Gasteiger partial charge in [-0.05, 0) is 29.7 Å². The van der Waals surface area contributed by atoms with Crippen molar-refractivity contribution in [3.05, 3.63) is 46.0 Å². The maximum Gasteiger partial charge on any atom is 0.269 e. The van der Waals surface area contributed by atoms with Crippen LogP contribution in [-0.2, 0) is 4.74 Å². The van der Waals surface area contributed by atoms with Crippen LogP contribution in [0, 0.1) is 10.1 Å². The van der Waals surface area contributed by atoms with Crippen molar-refractivity contribution in [1.82, 2.24) is 4.90 Å². The Morgan fingerprint density at radius 3 is 2.47 bits per heavy atom. The molecule has 1 fully saturated rings. The fraction of sp³-hybridized carbons (Fsp3) is 0.429. The topological polar surface area (TPSA) is 55.6 Å². The lowest BCUT2D eigenvalue weighted by atomic mass is 9.98. The molecule has 1 saturated heterocycles. The first-order valence-corrected chi connectivity index (χ1v) is 6.50. The summed E-state index contributed by atoms with van der Waals surface area (Å²) in [5.41, 5.74) is 2.52. The summed E-state index contributed by atoms with van der Waals surface area (Å²) in [5.74, 6) is 0. The molecular weight excluding hydrogens is 244 g/mol. The summed E-state index contributed by atoms with van der Waals surface area (Å²) in [6, 6.07) is 7.40. The van der Waals surface area contributed by atoms with Crippen LogP contribution in [0.3, 0.4) is 0 Å². The van der Waals surface area contributed by atoms with Gasteiger partial charge in [0, 0.05) is 25.2 Å². The van der Waals surface area contributed by atoms with Gasteiger partial charge in [0.2, 0.25) is 0 Å². The van der Waals surface area contributed by atoms with Crippen LogP contribution < -0.4 is 0 Å². The number of nitro benzene ring substituents is 1. The molecule has 19 heavy (non-hydrogen) atoms.